The summed E-state index contributed by atoms with van der Waals surface area (Å²) >= 11 is 0. The molecule has 1 heterocycles. The number of anilines is 1. The Kier molecular flexibility index (Phi) is 6.19. The van der Waals surface area contributed by atoms with Gasteiger partial charge < -0.3 is 11.1 Å². The van der Waals surface area contributed by atoms with Crippen LogP contribution in [0.25, 0.3) is 0 Å². The fourth-order valence-corrected chi connectivity index (χ4v) is 1.90. The van der Waals surface area contributed by atoms with Crippen molar-refractivity contribution in [3.05, 3.63) is 23.9 Å². The number of nitrogen functional groups attached to an aromatic ring is 1. The van der Waals surface area contributed by atoms with Gasteiger partial charge in [0.15, 0.2) is 0 Å². The van der Waals surface area contributed by atoms with E-state index in [9.17, 15) is 4.79 Å². The molecular weight excluding hydrogens is 226 g/mol. The number of nitrogens with zero attached hydrogens (tertiary/aromatic N) is 1. The molecule has 3 N–H and O–H groups in total. The van der Waals surface area contributed by atoms with Crippen LogP contribution in [-0.4, -0.2) is 16.9 Å². The summed E-state index contributed by atoms with van der Waals surface area (Å²) in [7, 11) is 0. The van der Waals surface area contributed by atoms with E-state index in [-0.39, 0.29) is 11.9 Å². The predicted molar refractivity (Wildman–Crippen MR) is 74.3 cm³/mol. The standard InChI is InChI=1S/C14H23N3O/c1-3-5-7-12(6-4-2)17-14(18)11-8-9-13(15)16-10-11/h8-10,12H,3-7H2,1-2H3,(H2,15,16)(H,17,18). The molecule has 0 aromatic carbocycles. The Labute approximate surface area is 109 Å². The highest BCUT2D eigenvalue weighted by molar-refractivity contribution is 5.94. The zero-order valence-corrected chi connectivity index (χ0v) is 11.3. The molecule has 100 valence electrons. The first kappa shape index (κ1) is 14.5. The summed E-state index contributed by atoms with van der Waals surface area (Å²) in [4.78, 5) is 15.9. The molecule has 1 unspecified atom stereocenters. The van der Waals surface area contributed by atoms with Crippen LogP contribution in [0.3, 0.4) is 0 Å². The van der Waals surface area contributed by atoms with Crippen molar-refractivity contribution in [3.63, 3.8) is 0 Å². The molecule has 4 nitrogen and oxygen atoms in total. The Balaban J connectivity index is 2.56. The smallest absolute Gasteiger partial charge is 0.253 e. The molecule has 1 atom stereocenters. The molecule has 4 heteroatoms. The zero-order valence-electron chi connectivity index (χ0n) is 11.3. The average molecular weight is 249 g/mol. The molecule has 0 aliphatic rings. The Morgan fingerprint density at radius 3 is 2.67 bits per heavy atom. The summed E-state index contributed by atoms with van der Waals surface area (Å²) in [6.07, 6.45) is 6.96. The molecule has 0 bridgehead atoms. The van der Waals surface area contributed by atoms with E-state index in [1.54, 1.807) is 12.1 Å². The molecular formula is C14H23N3O. The SMILES string of the molecule is CCCCC(CCC)NC(=O)c1ccc(N)nc1. The number of carbonyl (C=O) groups excluding carboxylic acids is 1. The number of pyridine rings is 1. The minimum atomic E-state index is -0.0583. The van der Waals surface area contributed by atoms with Gasteiger partial charge in [-0.15, -0.1) is 0 Å². The number of hydrogen-bond acceptors (Lipinski definition) is 3. The predicted octanol–water partition coefficient (Wildman–Crippen LogP) is 2.75. The summed E-state index contributed by atoms with van der Waals surface area (Å²) < 4.78 is 0. The number of aromatic nitrogens is 1. The van der Waals surface area contributed by atoms with Gasteiger partial charge in [0, 0.05) is 12.2 Å². The summed E-state index contributed by atoms with van der Waals surface area (Å²) in [5.41, 5.74) is 6.07. The second kappa shape index (κ2) is 7.69. The highest BCUT2D eigenvalue weighted by Gasteiger charge is 2.12. The highest BCUT2D eigenvalue weighted by Crippen LogP contribution is 2.09. The molecule has 0 aliphatic heterocycles. The minimum Gasteiger partial charge on any atom is -0.384 e. The summed E-state index contributed by atoms with van der Waals surface area (Å²) in [6, 6.07) is 3.62. The van der Waals surface area contributed by atoms with Crippen molar-refractivity contribution in [2.45, 2.75) is 52.0 Å². The molecule has 1 amide bonds. The molecule has 1 rings (SSSR count). The van der Waals surface area contributed by atoms with Crippen LogP contribution in [0, 0.1) is 0 Å². The number of carbonyl (C=O) groups is 1. The van der Waals surface area contributed by atoms with Crippen molar-refractivity contribution in [2.75, 3.05) is 5.73 Å². The lowest BCUT2D eigenvalue weighted by Gasteiger charge is -2.17. The third kappa shape index (κ3) is 4.73. The third-order valence-corrected chi connectivity index (χ3v) is 2.93. The van der Waals surface area contributed by atoms with E-state index in [1.165, 1.54) is 6.20 Å². The monoisotopic (exact) mass is 249 g/mol. The first-order valence-corrected chi connectivity index (χ1v) is 6.69. The Hall–Kier alpha value is -1.58. The third-order valence-electron chi connectivity index (χ3n) is 2.93. The Bertz CT molecular complexity index is 362. The van der Waals surface area contributed by atoms with E-state index < -0.39 is 0 Å². The summed E-state index contributed by atoms with van der Waals surface area (Å²) in [5.74, 6) is 0.375. The van der Waals surface area contributed by atoms with Crippen LogP contribution < -0.4 is 11.1 Å². The molecule has 0 aliphatic carbocycles. The van der Waals surface area contributed by atoms with Gasteiger partial charge in [-0.1, -0.05) is 33.1 Å². The van der Waals surface area contributed by atoms with Gasteiger partial charge in [0.1, 0.15) is 5.82 Å². The number of unbranched alkanes of at least 4 members (excludes halogenated alkanes) is 1. The van der Waals surface area contributed by atoms with Gasteiger partial charge in [0.2, 0.25) is 0 Å². The minimum absolute atomic E-state index is 0.0583. The topological polar surface area (TPSA) is 68.0 Å². The lowest BCUT2D eigenvalue weighted by atomic mass is 10.0. The van der Waals surface area contributed by atoms with Crippen LogP contribution in [0.4, 0.5) is 5.82 Å². The van der Waals surface area contributed by atoms with Crippen LogP contribution in [0.5, 0.6) is 0 Å². The molecule has 0 spiro atoms. The average Bonchev–Trinajstić information content (AvgIpc) is 2.37. The Morgan fingerprint density at radius 2 is 2.11 bits per heavy atom. The number of amides is 1. The van der Waals surface area contributed by atoms with E-state index in [4.69, 9.17) is 5.73 Å². The fraction of sp³-hybridized carbons (Fsp3) is 0.571. The fourth-order valence-electron chi connectivity index (χ4n) is 1.90. The maximum atomic E-state index is 12.0. The quantitative estimate of drug-likeness (QED) is 0.780. The van der Waals surface area contributed by atoms with Crippen LogP contribution in [0.2, 0.25) is 0 Å². The molecule has 0 fully saturated rings. The highest BCUT2D eigenvalue weighted by atomic mass is 16.1. The largest absolute Gasteiger partial charge is 0.384 e. The molecule has 1 aromatic heterocycles. The van der Waals surface area contributed by atoms with Gasteiger partial charge in [0.25, 0.3) is 5.91 Å². The number of nitrogens with two attached hydrogens (primary N) is 1. The molecule has 1 aromatic rings. The van der Waals surface area contributed by atoms with Crippen LogP contribution in [0.1, 0.15) is 56.3 Å². The van der Waals surface area contributed by atoms with Crippen LogP contribution in [0.15, 0.2) is 18.3 Å². The maximum Gasteiger partial charge on any atom is 0.253 e. The van der Waals surface area contributed by atoms with Crippen molar-refractivity contribution >= 4 is 11.7 Å². The second-order valence-corrected chi connectivity index (χ2v) is 4.57. The van der Waals surface area contributed by atoms with Crippen molar-refractivity contribution in [3.8, 4) is 0 Å². The lowest BCUT2D eigenvalue weighted by Crippen LogP contribution is -2.34. The van der Waals surface area contributed by atoms with Gasteiger partial charge in [-0.2, -0.15) is 0 Å². The van der Waals surface area contributed by atoms with Gasteiger partial charge in [-0.05, 0) is 25.0 Å². The van der Waals surface area contributed by atoms with E-state index in [0.717, 1.165) is 32.1 Å². The normalized spacial score (nSPS) is 12.1. The number of nitrogens with one attached hydrogen (secondary N) is 1. The first-order chi connectivity index (χ1) is 8.67. The van der Waals surface area contributed by atoms with E-state index >= 15 is 0 Å². The maximum absolute atomic E-state index is 12.0. The lowest BCUT2D eigenvalue weighted by molar-refractivity contribution is 0.0932. The summed E-state index contributed by atoms with van der Waals surface area (Å²) in [5, 5.41) is 3.07. The van der Waals surface area contributed by atoms with E-state index in [0.29, 0.717) is 11.4 Å². The van der Waals surface area contributed by atoms with Crippen molar-refractivity contribution in [1.29, 1.82) is 0 Å². The molecule has 18 heavy (non-hydrogen) atoms. The van der Waals surface area contributed by atoms with Gasteiger partial charge in [0.05, 0.1) is 5.56 Å². The first-order valence-electron chi connectivity index (χ1n) is 6.69. The van der Waals surface area contributed by atoms with Gasteiger partial charge >= 0.3 is 0 Å². The van der Waals surface area contributed by atoms with Crippen LogP contribution >= 0.6 is 0 Å². The second-order valence-electron chi connectivity index (χ2n) is 4.57. The zero-order chi connectivity index (χ0) is 13.4. The summed E-state index contributed by atoms with van der Waals surface area (Å²) in [6.45, 7) is 4.30. The van der Waals surface area contributed by atoms with Crippen molar-refractivity contribution in [2.24, 2.45) is 0 Å². The number of hydrogen-bond donors (Lipinski definition) is 2. The van der Waals surface area contributed by atoms with Crippen molar-refractivity contribution in [1.82, 2.24) is 10.3 Å². The van der Waals surface area contributed by atoms with E-state index in [1.807, 2.05) is 0 Å². The van der Waals surface area contributed by atoms with Gasteiger partial charge in [-0.25, -0.2) is 4.98 Å². The Morgan fingerprint density at radius 1 is 1.33 bits per heavy atom. The van der Waals surface area contributed by atoms with Crippen molar-refractivity contribution < 1.29 is 4.79 Å². The molecule has 0 radical (unpaired) electrons. The molecule has 0 saturated carbocycles. The number of rotatable bonds is 7. The van der Waals surface area contributed by atoms with E-state index in [2.05, 4.69) is 24.1 Å². The molecule has 0 saturated heterocycles. The van der Waals surface area contributed by atoms with Crippen LogP contribution in [-0.2, 0) is 0 Å². The van der Waals surface area contributed by atoms with Gasteiger partial charge in [-0.3, -0.25) is 4.79 Å².